The van der Waals surface area contributed by atoms with E-state index in [1.165, 1.54) is 13.8 Å². The maximum atomic E-state index is 12.6. The van der Waals surface area contributed by atoms with E-state index in [1.807, 2.05) is 86.6 Å². The molecular weight excluding hydrogens is 764 g/mol. The van der Waals surface area contributed by atoms with Gasteiger partial charge in [0.25, 0.3) is 0 Å². The quantitative estimate of drug-likeness (QED) is 0.0693. The Hall–Kier alpha value is -5.68. The number of rotatable bonds is 17. The summed E-state index contributed by atoms with van der Waals surface area (Å²) in [6.07, 6.45) is -0.290. The Bertz CT molecular complexity index is 1760. The predicted molar refractivity (Wildman–Crippen MR) is 222 cm³/mol. The van der Waals surface area contributed by atoms with Crippen molar-refractivity contribution in [2.24, 2.45) is 0 Å². The monoisotopic (exact) mass is 826 g/mol. The van der Waals surface area contributed by atoms with Crippen LogP contribution in [0.25, 0.3) is 0 Å². The van der Waals surface area contributed by atoms with Gasteiger partial charge in [-0.15, -0.1) is 0 Å². The van der Waals surface area contributed by atoms with Crippen molar-refractivity contribution < 1.29 is 52.9 Å². The first kappa shape index (κ1) is 51.3. The van der Waals surface area contributed by atoms with Crippen molar-refractivity contribution in [1.82, 2.24) is 21.3 Å². The SMILES string of the molecule is CCOC(OCC)[C@H](CC)NC(=O)[C@H](C)NC(=O)C(=O)Nc1ccccc1C(C)(C)C.C[C@H](NC(=O)C(=O)Nc1ccccc1C(C)(C)C)C(=O)N[C@H](C=O)CC(=O)O. The van der Waals surface area contributed by atoms with Gasteiger partial charge in [0.1, 0.15) is 18.4 Å². The lowest BCUT2D eigenvalue weighted by molar-refractivity contribution is -0.159. The van der Waals surface area contributed by atoms with Crippen molar-refractivity contribution in [2.75, 3.05) is 23.8 Å². The number of benzene rings is 2. The molecule has 59 heavy (non-hydrogen) atoms. The second kappa shape index (κ2) is 24.3. The minimum Gasteiger partial charge on any atom is -0.481 e. The average Bonchev–Trinajstić information content (AvgIpc) is 3.15. The number of nitrogens with one attached hydrogen (secondary N) is 6. The van der Waals surface area contributed by atoms with Crippen molar-refractivity contribution in [1.29, 1.82) is 0 Å². The zero-order valence-electron chi connectivity index (χ0n) is 35.9. The Balaban J connectivity index is 0.000000593. The summed E-state index contributed by atoms with van der Waals surface area (Å²) in [6.45, 7) is 21.3. The van der Waals surface area contributed by atoms with Crippen LogP contribution in [0.1, 0.15) is 100 Å². The molecule has 0 unspecified atom stereocenters. The fraction of sp³-hybridized carbons (Fsp3) is 0.524. The molecule has 0 radical (unpaired) electrons. The smallest absolute Gasteiger partial charge is 0.313 e. The van der Waals surface area contributed by atoms with Crippen LogP contribution in [0.5, 0.6) is 0 Å². The average molecular weight is 827 g/mol. The number of ether oxygens (including phenoxy) is 2. The molecule has 7 N–H and O–H groups in total. The molecule has 17 nitrogen and oxygen atoms in total. The van der Waals surface area contributed by atoms with E-state index in [1.54, 1.807) is 24.3 Å². The van der Waals surface area contributed by atoms with Crippen LogP contribution in [0.15, 0.2) is 48.5 Å². The molecule has 4 atom stereocenters. The van der Waals surface area contributed by atoms with Crippen molar-refractivity contribution in [3.63, 3.8) is 0 Å². The molecule has 2 aromatic carbocycles. The summed E-state index contributed by atoms with van der Waals surface area (Å²) in [6, 6.07) is 10.7. The van der Waals surface area contributed by atoms with Crippen LogP contribution >= 0.6 is 0 Å². The Morgan fingerprint density at radius 1 is 0.627 bits per heavy atom. The number of aliphatic carboxylic acids is 1. The van der Waals surface area contributed by atoms with Gasteiger partial charge in [-0.3, -0.25) is 33.6 Å². The number of hydrogen-bond acceptors (Lipinski definition) is 10. The van der Waals surface area contributed by atoms with E-state index in [0.717, 1.165) is 11.1 Å². The first-order chi connectivity index (χ1) is 27.5. The molecule has 0 bridgehead atoms. The number of carboxylic acids is 1. The molecule has 0 heterocycles. The zero-order valence-corrected chi connectivity index (χ0v) is 35.9. The van der Waals surface area contributed by atoms with Gasteiger partial charge in [-0.1, -0.05) is 84.9 Å². The number of aldehydes is 1. The Morgan fingerprint density at radius 3 is 1.36 bits per heavy atom. The summed E-state index contributed by atoms with van der Waals surface area (Å²) < 4.78 is 11.1. The van der Waals surface area contributed by atoms with Gasteiger partial charge in [-0.2, -0.15) is 0 Å². The fourth-order valence-corrected chi connectivity index (χ4v) is 5.41. The van der Waals surface area contributed by atoms with Crippen molar-refractivity contribution in [3.8, 4) is 0 Å². The molecule has 0 fully saturated rings. The van der Waals surface area contributed by atoms with E-state index in [-0.39, 0.29) is 23.2 Å². The Kier molecular flexibility index (Phi) is 21.1. The fourth-order valence-electron chi connectivity index (χ4n) is 5.41. The highest BCUT2D eigenvalue weighted by molar-refractivity contribution is 6.40. The Morgan fingerprint density at radius 2 is 1.02 bits per heavy atom. The summed E-state index contributed by atoms with van der Waals surface area (Å²) in [7, 11) is 0. The lowest BCUT2D eigenvalue weighted by atomic mass is 9.86. The van der Waals surface area contributed by atoms with Crippen LogP contribution in [0, 0.1) is 0 Å². The molecule has 0 spiro atoms. The number of anilines is 2. The largest absolute Gasteiger partial charge is 0.481 e. The molecular formula is C42H62N6O11. The van der Waals surface area contributed by atoms with Gasteiger partial charge in [0, 0.05) is 24.6 Å². The third-order valence-electron chi connectivity index (χ3n) is 8.51. The number of carboxylic acid groups (broad SMARTS) is 1. The minimum atomic E-state index is -1.26. The Labute approximate surface area is 346 Å². The number of carbonyl (C=O) groups excluding carboxylic acids is 7. The molecule has 0 aliphatic rings. The van der Waals surface area contributed by atoms with Crippen molar-refractivity contribution in [3.05, 3.63) is 59.7 Å². The highest BCUT2D eigenvalue weighted by Crippen LogP contribution is 2.30. The maximum Gasteiger partial charge on any atom is 0.313 e. The second-order valence-corrected chi connectivity index (χ2v) is 15.5. The van der Waals surface area contributed by atoms with Gasteiger partial charge >= 0.3 is 29.6 Å². The lowest BCUT2D eigenvalue weighted by Crippen LogP contribution is -2.53. The molecule has 0 saturated heterocycles. The molecule has 2 aromatic rings. The highest BCUT2D eigenvalue weighted by atomic mass is 16.7. The molecule has 2 rings (SSSR count). The van der Waals surface area contributed by atoms with Crippen LogP contribution in [0.3, 0.4) is 0 Å². The highest BCUT2D eigenvalue weighted by Gasteiger charge is 2.28. The van der Waals surface area contributed by atoms with Crippen LogP contribution in [0.4, 0.5) is 11.4 Å². The van der Waals surface area contributed by atoms with Crippen LogP contribution < -0.4 is 31.9 Å². The zero-order chi connectivity index (χ0) is 45.1. The number of carbonyl (C=O) groups is 8. The lowest BCUT2D eigenvalue weighted by Gasteiger charge is -2.28. The summed E-state index contributed by atoms with van der Waals surface area (Å²) in [5.41, 5.74) is 2.32. The van der Waals surface area contributed by atoms with Crippen LogP contribution in [0.2, 0.25) is 0 Å². The van der Waals surface area contributed by atoms with E-state index in [4.69, 9.17) is 14.6 Å². The summed E-state index contributed by atoms with van der Waals surface area (Å²) in [5, 5.41) is 23.5. The predicted octanol–water partition coefficient (Wildman–Crippen LogP) is 3.31. The van der Waals surface area contributed by atoms with Gasteiger partial charge in [0.15, 0.2) is 6.29 Å². The van der Waals surface area contributed by atoms with Gasteiger partial charge in [0.2, 0.25) is 11.8 Å². The van der Waals surface area contributed by atoms with Crippen LogP contribution in [-0.4, -0.2) is 96.5 Å². The normalized spacial score (nSPS) is 13.2. The van der Waals surface area contributed by atoms with Crippen LogP contribution in [-0.2, 0) is 58.7 Å². The summed E-state index contributed by atoms with van der Waals surface area (Å²) in [4.78, 5) is 95.0. The molecule has 6 amide bonds. The topological polar surface area (TPSA) is 247 Å². The van der Waals surface area contributed by atoms with E-state index < -0.39 is 72.2 Å². The maximum absolute atomic E-state index is 12.6. The third-order valence-corrected chi connectivity index (χ3v) is 8.51. The number of para-hydroxylation sites is 2. The first-order valence-electron chi connectivity index (χ1n) is 19.4. The van der Waals surface area contributed by atoms with E-state index in [9.17, 15) is 38.4 Å². The van der Waals surface area contributed by atoms with Gasteiger partial charge in [0.05, 0.1) is 18.5 Å². The molecule has 0 saturated carbocycles. The number of hydrogen-bond donors (Lipinski definition) is 7. The summed E-state index contributed by atoms with van der Waals surface area (Å²) in [5.74, 6) is -6.16. The second-order valence-electron chi connectivity index (χ2n) is 15.5. The standard InChI is InChI=1S/C23H37N3O5.C19H25N3O6/c1-8-17(22(30-9-2)31-10-3)25-19(27)15(4)24-20(28)21(29)26-18-14-12-11-13-16(18)23(5,6)7;1-11(16(26)21-12(10-23)9-15(24)25)20-17(27)18(28)22-14-8-6-5-7-13(14)19(2,3)4/h11-15,17,22H,8-10H2,1-7H3,(H,24,28)(H,25,27)(H,26,29);5-8,10-12H,9H2,1-4H3,(H,20,27)(H,21,26)(H,22,28)(H,24,25)/t15-,17-;11-,12-/m00/s1. The minimum absolute atomic E-state index is 0.208. The first-order valence-corrected chi connectivity index (χ1v) is 19.4. The molecule has 0 aliphatic carbocycles. The van der Waals surface area contributed by atoms with Crippen molar-refractivity contribution >= 4 is 59.1 Å². The van der Waals surface area contributed by atoms with E-state index >= 15 is 0 Å². The van der Waals surface area contributed by atoms with Gasteiger partial charge in [-0.25, -0.2) is 0 Å². The summed E-state index contributed by atoms with van der Waals surface area (Å²) >= 11 is 0. The molecule has 326 valence electrons. The van der Waals surface area contributed by atoms with Gasteiger partial charge < -0.3 is 51.3 Å². The number of amides is 6. The molecule has 17 heteroatoms. The third kappa shape index (κ3) is 17.8. The molecule has 0 aliphatic heterocycles. The van der Waals surface area contributed by atoms with E-state index in [2.05, 4.69) is 31.9 Å². The van der Waals surface area contributed by atoms with Gasteiger partial charge in [-0.05, 0) is 68.2 Å². The van der Waals surface area contributed by atoms with E-state index in [0.29, 0.717) is 31.0 Å². The van der Waals surface area contributed by atoms with Crippen molar-refractivity contribution in [2.45, 2.75) is 130 Å². The molecule has 0 aromatic heterocycles.